The van der Waals surface area contributed by atoms with Gasteiger partial charge in [-0.3, -0.25) is 4.68 Å². The molecular formula is C14H16ClN3O3. The molecule has 2 rings (SSSR count). The molecule has 0 radical (unpaired) electrons. The van der Waals surface area contributed by atoms with Gasteiger partial charge in [-0.15, -0.1) is 0 Å². The predicted molar refractivity (Wildman–Crippen MR) is 79.7 cm³/mol. The number of hydrogen-bond donors (Lipinski definition) is 2. The predicted octanol–water partition coefficient (Wildman–Crippen LogP) is 2.50. The third kappa shape index (κ3) is 3.11. The van der Waals surface area contributed by atoms with Crippen LogP contribution in [0.25, 0.3) is 0 Å². The summed E-state index contributed by atoms with van der Waals surface area (Å²) < 4.78 is 7.22. The average molecular weight is 310 g/mol. The topological polar surface area (TPSA) is 90.4 Å². The largest absolute Gasteiger partial charge is 0.486 e. The van der Waals surface area contributed by atoms with E-state index in [0.717, 1.165) is 12.1 Å². The van der Waals surface area contributed by atoms with Gasteiger partial charge < -0.3 is 15.6 Å². The Balaban J connectivity index is 2.25. The number of aromatic nitrogens is 2. The Morgan fingerprint density at radius 1 is 1.52 bits per heavy atom. The summed E-state index contributed by atoms with van der Waals surface area (Å²) in [5, 5.41) is 14.0. The fourth-order valence-corrected chi connectivity index (χ4v) is 2.31. The van der Waals surface area contributed by atoms with Crippen LogP contribution < -0.4 is 10.5 Å². The Morgan fingerprint density at radius 3 is 2.81 bits per heavy atom. The van der Waals surface area contributed by atoms with Crippen LogP contribution in [0.15, 0.2) is 18.2 Å². The van der Waals surface area contributed by atoms with E-state index in [9.17, 15) is 4.79 Å². The van der Waals surface area contributed by atoms with Gasteiger partial charge in [0.2, 0.25) is 0 Å². The van der Waals surface area contributed by atoms with Crippen molar-refractivity contribution >= 4 is 23.3 Å². The van der Waals surface area contributed by atoms with Gasteiger partial charge in [-0.05, 0) is 24.6 Å². The van der Waals surface area contributed by atoms with Gasteiger partial charge in [0, 0.05) is 12.7 Å². The van der Waals surface area contributed by atoms with Crippen molar-refractivity contribution in [1.29, 1.82) is 0 Å². The van der Waals surface area contributed by atoms with Crippen LogP contribution in [0.3, 0.4) is 0 Å². The number of carboxylic acids is 1. The lowest BCUT2D eigenvalue weighted by Crippen LogP contribution is -2.07. The number of anilines is 1. The maximum absolute atomic E-state index is 11.2. The molecule has 2 aromatic rings. The highest BCUT2D eigenvalue weighted by atomic mass is 35.5. The molecule has 0 amide bonds. The molecule has 1 aromatic heterocycles. The Labute approximate surface area is 127 Å². The SMILES string of the molecule is CCc1nn(C)c(COc2ccc(N)cc2C(=O)O)c1Cl. The number of halogens is 1. The normalized spacial score (nSPS) is 10.6. The number of nitrogens with two attached hydrogens (primary N) is 1. The number of nitrogens with zero attached hydrogens (tertiary/aromatic N) is 2. The second-order valence-corrected chi connectivity index (χ2v) is 4.91. The molecule has 0 spiro atoms. The van der Waals surface area contributed by atoms with Gasteiger partial charge in [-0.25, -0.2) is 4.79 Å². The Kier molecular flexibility index (Phi) is 4.37. The number of ether oxygens (including phenoxy) is 1. The highest BCUT2D eigenvalue weighted by Crippen LogP contribution is 2.25. The Morgan fingerprint density at radius 2 is 2.24 bits per heavy atom. The van der Waals surface area contributed by atoms with Crippen molar-refractivity contribution in [1.82, 2.24) is 9.78 Å². The van der Waals surface area contributed by atoms with Gasteiger partial charge >= 0.3 is 5.97 Å². The van der Waals surface area contributed by atoms with Crippen molar-refractivity contribution in [3.05, 3.63) is 40.2 Å². The van der Waals surface area contributed by atoms with E-state index in [2.05, 4.69) is 5.10 Å². The van der Waals surface area contributed by atoms with E-state index in [0.29, 0.717) is 16.4 Å². The lowest BCUT2D eigenvalue weighted by atomic mass is 10.2. The van der Waals surface area contributed by atoms with Gasteiger partial charge in [-0.1, -0.05) is 18.5 Å². The second kappa shape index (κ2) is 6.05. The van der Waals surface area contributed by atoms with Crippen LogP contribution in [-0.2, 0) is 20.1 Å². The first-order valence-electron chi connectivity index (χ1n) is 6.39. The quantitative estimate of drug-likeness (QED) is 0.828. The zero-order valence-electron chi connectivity index (χ0n) is 11.8. The van der Waals surface area contributed by atoms with E-state index in [-0.39, 0.29) is 17.9 Å². The van der Waals surface area contributed by atoms with Crippen molar-refractivity contribution in [2.75, 3.05) is 5.73 Å². The van der Waals surface area contributed by atoms with Crippen LogP contribution >= 0.6 is 11.6 Å². The molecule has 0 fully saturated rings. The number of carboxylic acid groups (broad SMARTS) is 1. The Hall–Kier alpha value is -2.21. The fourth-order valence-electron chi connectivity index (χ4n) is 1.96. The molecule has 112 valence electrons. The summed E-state index contributed by atoms with van der Waals surface area (Å²) >= 11 is 6.22. The van der Waals surface area contributed by atoms with Gasteiger partial charge in [0.25, 0.3) is 0 Å². The first kappa shape index (κ1) is 15.2. The minimum absolute atomic E-state index is 0.0176. The monoisotopic (exact) mass is 309 g/mol. The third-order valence-electron chi connectivity index (χ3n) is 3.10. The van der Waals surface area contributed by atoms with Crippen LogP contribution in [0.1, 0.15) is 28.7 Å². The summed E-state index contributed by atoms with van der Waals surface area (Å²) in [5.74, 6) is -0.852. The van der Waals surface area contributed by atoms with E-state index in [1.165, 1.54) is 12.1 Å². The van der Waals surface area contributed by atoms with Crippen molar-refractivity contribution in [2.24, 2.45) is 7.05 Å². The molecule has 0 atom stereocenters. The first-order valence-corrected chi connectivity index (χ1v) is 6.77. The van der Waals surface area contributed by atoms with E-state index < -0.39 is 5.97 Å². The molecule has 0 aliphatic carbocycles. The molecule has 6 nitrogen and oxygen atoms in total. The molecule has 0 bridgehead atoms. The number of aryl methyl sites for hydroxylation is 2. The van der Waals surface area contributed by atoms with Crippen molar-refractivity contribution < 1.29 is 14.6 Å². The fraction of sp³-hybridized carbons (Fsp3) is 0.286. The highest BCUT2D eigenvalue weighted by Gasteiger charge is 2.16. The molecular weight excluding hydrogens is 294 g/mol. The zero-order valence-corrected chi connectivity index (χ0v) is 12.5. The van der Waals surface area contributed by atoms with Crippen molar-refractivity contribution in [3.63, 3.8) is 0 Å². The van der Waals surface area contributed by atoms with Crippen LogP contribution in [0, 0.1) is 0 Å². The van der Waals surface area contributed by atoms with Crippen LogP contribution in [0.4, 0.5) is 5.69 Å². The van der Waals surface area contributed by atoms with Gasteiger partial charge in [0.1, 0.15) is 17.9 Å². The maximum Gasteiger partial charge on any atom is 0.339 e. The summed E-state index contributed by atoms with van der Waals surface area (Å²) in [4.78, 5) is 11.2. The molecule has 0 saturated heterocycles. The van der Waals surface area contributed by atoms with Crippen LogP contribution in [-0.4, -0.2) is 20.9 Å². The highest BCUT2D eigenvalue weighted by molar-refractivity contribution is 6.31. The standard InChI is InChI=1S/C14H16ClN3O3/c1-3-10-13(15)11(18(2)17-10)7-21-12-5-4-8(16)6-9(12)14(19)20/h4-6H,3,7,16H2,1-2H3,(H,19,20). The number of benzene rings is 1. The second-order valence-electron chi connectivity index (χ2n) is 4.53. The van der Waals surface area contributed by atoms with Gasteiger partial charge in [-0.2, -0.15) is 5.10 Å². The summed E-state index contributed by atoms with van der Waals surface area (Å²) in [7, 11) is 1.77. The van der Waals surface area contributed by atoms with E-state index in [4.69, 9.17) is 27.2 Å². The van der Waals surface area contributed by atoms with Crippen LogP contribution in [0.2, 0.25) is 5.02 Å². The summed E-state index contributed by atoms with van der Waals surface area (Å²) in [6.07, 6.45) is 0.717. The summed E-state index contributed by atoms with van der Waals surface area (Å²) in [6.45, 7) is 2.09. The molecule has 7 heteroatoms. The molecule has 0 unspecified atom stereocenters. The summed E-state index contributed by atoms with van der Waals surface area (Å²) in [6, 6.07) is 4.48. The molecule has 3 N–H and O–H groups in total. The minimum atomic E-state index is -1.09. The number of aromatic carboxylic acids is 1. The molecule has 1 aromatic carbocycles. The Bertz CT molecular complexity index is 682. The minimum Gasteiger partial charge on any atom is -0.486 e. The van der Waals surface area contributed by atoms with Crippen LogP contribution in [0.5, 0.6) is 5.75 Å². The lowest BCUT2D eigenvalue weighted by Gasteiger charge is -2.10. The summed E-state index contributed by atoms with van der Waals surface area (Å²) in [5.41, 5.74) is 7.45. The number of rotatable bonds is 5. The van der Waals surface area contributed by atoms with Crippen molar-refractivity contribution in [3.8, 4) is 5.75 Å². The maximum atomic E-state index is 11.2. The number of carbonyl (C=O) groups is 1. The zero-order chi connectivity index (χ0) is 15.6. The molecule has 0 saturated carbocycles. The molecule has 1 heterocycles. The molecule has 21 heavy (non-hydrogen) atoms. The molecule has 0 aliphatic heterocycles. The molecule has 0 aliphatic rings. The number of hydrogen-bond acceptors (Lipinski definition) is 4. The smallest absolute Gasteiger partial charge is 0.339 e. The van der Waals surface area contributed by atoms with E-state index >= 15 is 0 Å². The first-order chi connectivity index (χ1) is 9.93. The lowest BCUT2D eigenvalue weighted by molar-refractivity contribution is 0.0691. The van der Waals surface area contributed by atoms with Crippen molar-refractivity contribution in [2.45, 2.75) is 20.0 Å². The van der Waals surface area contributed by atoms with E-state index in [1.54, 1.807) is 17.8 Å². The van der Waals surface area contributed by atoms with Gasteiger partial charge in [0.05, 0.1) is 16.4 Å². The average Bonchev–Trinajstić information content (AvgIpc) is 2.72. The van der Waals surface area contributed by atoms with E-state index in [1.807, 2.05) is 6.92 Å². The van der Waals surface area contributed by atoms with Gasteiger partial charge in [0.15, 0.2) is 0 Å². The number of nitrogen functional groups attached to an aromatic ring is 1. The third-order valence-corrected chi connectivity index (χ3v) is 3.54.